The fraction of sp³-hybridized carbons (Fsp3) is 0.0909. The van der Waals surface area contributed by atoms with Crippen molar-refractivity contribution in [3.8, 4) is 5.75 Å². The normalized spacial score (nSPS) is 10.5. The zero-order chi connectivity index (χ0) is 12.6. The number of hydrogen-bond donors (Lipinski definition) is 2. The minimum absolute atomic E-state index is 0.0642. The van der Waals surface area contributed by atoms with E-state index in [0.29, 0.717) is 16.9 Å². The Labute approximate surface area is 111 Å². The number of fused-ring (bicyclic) bond motifs is 1. The van der Waals surface area contributed by atoms with Crippen molar-refractivity contribution in [3.63, 3.8) is 0 Å². The van der Waals surface area contributed by atoms with Gasteiger partial charge in [0.15, 0.2) is 11.3 Å². The number of benzene rings is 1. The molecule has 0 saturated heterocycles. The highest BCUT2D eigenvalue weighted by Gasteiger charge is 2.10. The standard InChI is InChI=1S/C11H9BrN2O2S/c1-15-8-4-6(12)2-5-3-7(11(14)17)10(13)16-9(5)8/h2-4,13H,1H3,(H2,14,17). The number of halogens is 1. The van der Waals surface area contributed by atoms with E-state index in [2.05, 4.69) is 15.9 Å². The first kappa shape index (κ1) is 12.1. The maximum absolute atomic E-state index is 7.71. The molecule has 88 valence electrons. The van der Waals surface area contributed by atoms with Crippen molar-refractivity contribution in [2.75, 3.05) is 7.11 Å². The monoisotopic (exact) mass is 312 g/mol. The van der Waals surface area contributed by atoms with Crippen LogP contribution < -0.4 is 16.0 Å². The molecule has 4 nitrogen and oxygen atoms in total. The molecule has 0 saturated carbocycles. The summed E-state index contributed by atoms with van der Waals surface area (Å²) in [5.74, 6) is 0.553. The highest BCUT2D eigenvalue weighted by molar-refractivity contribution is 9.10. The van der Waals surface area contributed by atoms with E-state index in [0.717, 1.165) is 9.86 Å². The van der Waals surface area contributed by atoms with Gasteiger partial charge in [-0.25, -0.2) is 0 Å². The number of hydrogen-bond acceptors (Lipinski definition) is 4. The lowest BCUT2D eigenvalue weighted by molar-refractivity contribution is 0.404. The molecule has 2 aromatic rings. The second kappa shape index (κ2) is 4.46. The Morgan fingerprint density at radius 2 is 2.18 bits per heavy atom. The van der Waals surface area contributed by atoms with E-state index in [1.165, 1.54) is 0 Å². The van der Waals surface area contributed by atoms with E-state index in [1.807, 2.05) is 6.07 Å². The van der Waals surface area contributed by atoms with Crippen molar-refractivity contribution in [1.29, 1.82) is 5.41 Å². The van der Waals surface area contributed by atoms with E-state index in [4.69, 9.17) is 32.5 Å². The summed E-state index contributed by atoms with van der Waals surface area (Å²) in [6, 6.07) is 5.34. The molecule has 0 bridgehead atoms. The smallest absolute Gasteiger partial charge is 0.222 e. The van der Waals surface area contributed by atoms with Crippen LogP contribution in [0, 0.1) is 5.41 Å². The summed E-state index contributed by atoms with van der Waals surface area (Å²) in [6.07, 6.45) is 0. The molecule has 0 unspecified atom stereocenters. The van der Waals surface area contributed by atoms with Gasteiger partial charge in [0, 0.05) is 9.86 Å². The Kier molecular flexibility index (Phi) is 3.17. The third-order valence-electron chi connectivity index (χ3n) is 2.28. The van der Waals surface area contributed by atoms with Gasteiger partial charge in [-0.05, 0) is 18.2 Å². The lowest BCUT2D eigenvalue weighted by Gasteiger charge is -2.07. The third kappa shape index (κ3) is 2.18. The molecule has 3 N–H and O–H groups in total. The van der Waals surface area contributed by atoms with Gasteiger partial charge in [0.2, 0.25) is 5.55 Å². The minimum atomic E-state index is -0.0642. The molecule has 0 aliphatic rings. The number of ether oxygens (including phenoxy) is 1. The molecular weight excluding hydrogens is 304 g/mol. The second-order valence-corrected chi connectivity index (χ2v) is 4.74. The molecule has 1 aromatic carbocycles. The summed E-state index contributed by atoms with van der Waals surface area (Å²) in [6.45, 7) is 0. The van der Waals surface area contributed by atoms with Crippen LogP contribution in [0.1, 0.15) is 5.56 Å². The first-order valence-electron chi connectivity index (χ1n) is 4.68. The van der Waals surface area contributed by atoms with E-state index in [1.54, 1.807) is 19.2 Å². The predicted octanol–water partition coefficient (Wildman–Crippen LogP) is 2.32. The summed E-state index contributed by atoms with van der Waals surface area (Å²) in [7, 11) is 1.54. The number of nitrogens with two attached hydrogens (primary N) is 1. The predicted molar refractivity (Wildman–Crippen MR) is 72.2 cm³/mol. The summed E-state index contributed by atoms with van der Waals surface area (Å²) in [4.78, 5) is 0.139. The van der Waals surface area contributed by atoms with Gasteiger partial charge in [-0.15, -0.1) is 0 Å². The van der Waals surface area contributed by atoms with Crippen LogP contribution in [-0.4, -0.2) is 12.1 Å². The van der Waals surface area contributed by atoms with Crippen LogP contribution in [0.15, 0.2) is 27.1 Å². The van der Waals surface area contributed by atoms with E-state index < -0.39 is 0 Å². The van der Waals surface area contributed by atoms with Gasteiger partial charge in [-0.3, -0.25) is 5.41 Å². The van der Waals surface area contributed by atoms with E-state index in [-0.39, 0.29) is 10.5 Å². The van der Waals surface area contributed by atoms with Gasteiger partial charge in [-0.1, -0.05) is 28.1 Å². The first-order chi connectivity index (χ1) is 8.02. The quantitative estimate of drug-likeness (QED) is 0.835. The summed E-state index contributed by atoms with van der Waals surface area (Å²) in [5, 5.41) is 8.48. The lowest BCUT2D eigenvalue weighted by atomic mass is 10.1. The first-order valence-corrected chi connectivity index (χ1v) is 5.89. The molecular formula is C11H9BrN2O2S. The van der Waals surface area contributed by atoms with Crippen molar-refractivity contribution in [1.82, 2.24) is 0 Å². The summed E-state index contributed by atoms with van der Waals surface area (Å²) >= 11 is 8.23. The number of thiocarbonyl (C=S) groups is 1. The Balaban J connectivity index is 2.87. The summed E-state index contributed by atoms with van der Waals surface area (Å²) < 4.78 is 11.4. The van der Waals surface area contributed by atoms with Crippen molar-refractivity contribution in [3.05, 3.63) is 33.8 Å². The molecule has 6 heteroatoms. The fourth-order valence-corrected chi connectivity index (χ4v) is 2.12. The second-order valence-electron chi connectivity index (χ2n) is 3.38. The van der Waals surface area contributed by atoms with Gasteiger partial charge < -0.3 is 14.9 Å². The zero-order valence-electron chi connectivity index (χ0n) is 8.91. The van der Waals surface area contributed by atoms with E-state index >= 15 is 0 Å². The lowest BCUT2D eigenvalue weighted by Crippen LogP contribution is -2.19. The highest BCUT2D eigenvalue weighted by atomic mass is 79.9. The van der Waals surface area contributed by atoms with Crippen LogP contribution in [0.4, 0.5) is 0 Å². The third-order valence-corrected chi connectivity index (χ3v) is 2.96. The molecule has 0 radical (unpaired) electrons. The molecule has 17 heavy (non-hydrogen) atoms. The van der Waals surface area contributed by atoms with Crippen LogP contribution in [0.2, 0.25) is 0 Å². The Hall–Kier alpha value is -1.40. The van der Waals surface area contributed by atoms with E-state index in [9.17, 15) is 0 Å². The molecule has 0 fully saturated rings. The molecule has 0 aliphatic heterocycles. The maximum atomic E-state index is 7.71. The number of methoxy groups -OCH3 is 1. The molecule has 0 amide bonds. The SMILES string of the molecule is COc1cc(Br)cc2cc(C(N)=S)c(=N)oc12. The van der Waals surface area contributed by atoms with Crippen LogP contribution in [0.3, 0.4) is 0 Å². The Bertz CT molecular complexity index is 666. The van der Waals surface area contributed by atoms with Gasteiger partial charge >= 0.3 is 0 Å². The average molecular weight is 313 g/mol. The molecule has 1 heterocycles. The fourth-order valence-electron chi connectivity index (χ4n) is 1.52. The topological polar surface area (TPSA) is 72.2 Å². The van der Waals surface area contributed by atoms with Crippen molar-refractivity contribution in [2.24, 2.45) is 5.73 Å². The van der Waals surface area contributed by atoms with Crippen LogP contribution in [-0.2, 0) is 0 Å². The van der Waals surface area contributed by atoms with Gasteiger partial charge in [0.1, 0.15) is 4.99 Å². The van der Waals surface area contributed by atoms with Crippen LogP contribution >= 0.6 is 28.1 Å². The van der Waals surface area contributed by atoms with Crippen LogP contribution in [0.25, 0.3) is 11.0 Å². The van der Waals surface area contributed by atoms with Gasteiger partial charge in [-0.2, -0.15) is 0 Å². The highest BCUT2D eigenvalue weighted by Crippen LogP contribution is 2.29. The van der Waals surface area contributed by atoms with Crippen LogP contribution in [0.5, 0.6) is 5.75 Å². The zero-order valence-corrected chi connectivity index (χ0v) is 11.3. The molecule has 2 rings (SSSR count). The van der Waals surface area contributed by atoms with Crippen molar-refractivity contribution >= 4 is 44.1 Å². The Morgan fingerprint density at radius 3 is 2.76 bits per heavy atom. The number of nitrogens with one attached hydrogen (secondary N) is 1. The summed E-state index contributed by atoms with van der Waals surface area (Å²) in [5.41, 5.74) is 6.37. The van der Waals surface area contributed by atoms with Gasteiger partial charge in [0.05, 0.1) is 12.7 Å². The molecule has 0 aliphatic carbocycles. The Morgan fingerprint density at radius 1 is 1.47 bits per heavy atom. The molecule has 0 spiro atoms. The van der Waals surface area contributed by atoms with Crippen molar-refractivity contribution in [2.45, 2.75) is 0 Å². The molecule has 1 aromatic heterocycles. The molecule has 0 atom stereocenters. The van der Waals surface area contributed by atoms with Gasteiger partial charge in [0.25, 0.3) is 0 Å². The average Bonchev–Trinajstić information content (AvgIpc) is 2.27. The largest absolute Gasteiger partial charge is 0.493 e. The maximum Gasteiger partial charge on any atom is 0.222 e. The number of rotatable bonds is 2. The van der Waals surface area contributed by atoms with Crippen molar-refractivity contribution < 1.29 is 9.15 Å². The minimum Gasteiger partial charge on any atom is -0.493 e.